The van der Waals surface area contributed by atoms with Gasteiger partial charge in [-0.3, -0.25) is 0 Å². The molecule has 18 heavy (non-hydrogen) atoms. The van der Waals surface area contributed by atoms with E-state index in [0.29, 0.717) is 18.4 Å². The Hall–Kier alpha value is -0.550. The van der Waals surface area contributed by atoms with Crippen LogP contribution in [0.5, 0.6) is 0 Å². The summed E-state index contributed by atoms with van der Waals surface area (Å²) in [7, 11) is 0. The fourth-order valence-electron chi connectivity index (χ4n) is 2.00. The second kappa shape index (κ2) is 7.14. The minimum atomic E-state index is -4.15. The molecule has 0 spiro atoms. The van der Waals surface area contributed by atoms with E-state index in [9.17, 15) is 13.2 Å². The van der Waals surface area contributed by atoms with E-state index < -0.39 is 12.7 Å². The van der Waals surface area contributed by atoms with Gasteiger partial charge in [-0.25, -0.2) is 0 Å². The normalized spacial score (nSPS) is 26.3. The molecule has 0 aromatic rings. The van der Waals surface area contributed by atoms with E-state index in [1.54, 1.807) is 6.92 Å². The smallest absolute Gasteiger partial charge is 0.377 e. The highest BCUT2D eigenvalue weighted by atomic mass is 19.4. The maximum Gasteiger partial charge on any atom is 0.401 e. The quantitative estimate of drug-likeness (QED) is 0.745. The van der Waals surface area contributed by atoms with E-state index in [-0.39, 0.29) is 12.6 Å². The van der Waals surface area contributed by atoms with Crippen molar-refractivity contribution in [2.24, 2.45) is 11.8 Å². The summed E-state index contributed by atoms with van der Waals surface area (Å²) in [6, 6.07) is 0. The lowest BCUT2D eigenvalue weighted by atomic mass is 9.85. The highest BCUT2D eigenvalue weighted by Crippen LogP contribution is 2.25. The molecular weight excluding hydrogens is 243 g/mol. The Balaban J connectivity index is 2.13. The van der Waals surface area contributed by atoms with E-state index in [2.05, 4.69) is 24.4 Å². The summed E-state index contributed by atoms with van der Waals surface area (Å²) < 4.78 is 41.4. The van der Waals surface area contributed by atoms with E-state index in [4.69, 9.17) is 4.74 Å². The molecule has 0 heterocycles. The Morgan fingerprint density at radius 1 is 1.33 bits per heavy atom. The van der Waals surface area contributed by atoms with Crippen molar-refractivity contribution in [3.63, 3.8) is 0 Å². The van der Waals surface area contributed by atoms with Crippen LogP contribution >= 0.6 is 0 Å². The van der Waals surface area contributed by atoms with Crippen LogP contribution in [0.15, 0.2) is 12.2 Å². The van der Waals surface area contributed by atoms with Gasteiger partial charge < -0.3 is 10.1 Å². The first-order chi connectivity index (χ1) is 8.38. The molecule has 0 fully saturated rings. The Bertz CT molecular complexity index is 265. The number of hydrogen-bond acceptors (Lipinski definition) is 2. The molecule has 106 valence electrons. The van der Waals surface area contributed by atoms with Crippen molar-refractivity contribution in [2.45, 2.75) is 39.0 Å². The third-order valence-corrected chi connectivity index (χ3v) is 3.27. The zero-order valence-electron chi connectivity index (χ0n) is 11.0. The number of halogens is 3. The topological polar surface area (TPSA) is 21.3 Å². The molecule has 0 aliphatic heterocycles. The van der Waals surface area contributed by atoms with Crippen LogP contribution in [-0.2, 0) is 4.74 Å². The second-order valence-electron chi connectivity index (χ2n) is 5.07. The van der Waals surface area contributed by atoms with E-state index in [1.807, 2.05) is 0 Å². The summed E-state index contributed by atoms with van der Waals surface area (Å²) in [6.07, 6.45) is 2.06. The molecule has 0 radical (unpaired) electrons. The van der Waals surface area contributed by atoms with Crippen molar-refractivity contribution in [2.75, 3.05) is 19.7 Å². The molecule has 3 atom stereocenters. The Morgan fingerprint density at radius 2 is 2.00 bits per heavy atom. The number of ether oxygens (including phenoxy) is 1. The minimum absolute atomic E-state index is 0.189. The lowest BCUT2D eigenvalue weighted by Crippen LogP contribution is -2.35. The van der Waals surface area contributed by atoms with Gasteiger partial charge >= 0.3 is 6.18 Å². The first kappa shape index (κ1) is 15.5. The van der Waals surface area contributed by atoms with Gasteiger partial charge in [-0.05, 0) is 31.6 Å². The average Bonchev–Trinajstić information content (AvgIpc) is 2.26. The van der Waals surface area contributed by atoms with Gasteiger partial charge in [0.25, 0.3) is 0 Å². The molecule has 0 bridgehead atoms. The SMILES string of the molecule is CC(CNCC(F)(F)F)OCC1CC=CCC1C. The van der Waals surface area contributed by atoms with Crippen LogP contribution in [-0.4, -0.2) is 32.0 Å². The summed E-state index contributed by atoms with van der Waals surface area (Å²) >= 11 is 0. The largest absolute Gasteiger partial charge is 0.401 e. The Kier molecular flexibility index (Phi) is 6.15. The molecule has 0 aromatic carbocycles. The number of nitrogens with one attached hydrogen (secondary N) is 1. The third kappa shape index (κ3) is 6.40. The molecule has 2 nitrogen and oxygen atoms in total. The maximum atomic E-state index is 11.9. The second-order valence-corrected chi connectivity index (χ2v) is 5.07. The van der Waals surface area contributed by atoms with Crippen LogP contribution < -0.4 is 5.32 Å². The molecule has 1 aliphatic rings. The molecule has 0 aromatic heterocycles. The standard InChI is InChI=1S/C13H22F3NO/c1-10-5-3-4-6-12(10)8-18-11(2)7-17-9-13(14,15)16/h3-4,10-12,17H,5-9H2,1-2H3. The summed E-state index contributed by atoms with van der Waals surface area (Å²) in [5, 5.41) is 2.36. The van der Waals surface area contributed by atoms with Crippen molar-refractivity contribution in [3.8, 4) is 0 Å². The van der Waals surface area contributed by atoms with E-state index in [1.165, 1.54) is 0 Å². The van der Waals surface area contributed by atoms with Crippen LogP contribution in [0.1, 0.15) is 26.7 Å². The highest BCUT2D eigenvalue weighted by molar-refractivity contribution is 4.93. The average molecular weight is 265 g/mol. The molecule has 0 saturated carbocycles. The van der Waals surface area contributed by atoms with Crippen LogP contribution in [0.25, 0.3) is 0 Å². The first-order valence-corrected chi connectivity index (χ1v) is 6.42. The van der Waals surface area contributed by atoms with Gasteiger partial charge in [0.2, 0.25) is 0 Å². The van der Waals surface area contributed by atoms with E-state index >= 15 is 0 Å². The molecular formula is C13H22F3NO. The molecule has 1 N–H and O–H groups in total. The van der Waals surface area contributed by atoms with Crippen molar-refractivity contribution < 1.29 is 17.9 Å². The van der Waals surface area contributed by atoms with Crippen molar-refractivity contribution in [3.05, 3.63) is 12.2 Å². The van der Waals surface area contributed by atoms with Gasteiger partial charge in [0.05, 0.1) is 19.3 Å². The van der Waals surface area contributed by atoms with Crippen molar-refractivity contribution in [1.29, 1.82) is 0 Å². The van der Waals surface area contributed by atoms with Crippen LogP contribution in [0, 0.1) is 11.8 Å². The van der Waals surface area contributed by atoms with Gasteiger partial charge in [0.1, 0.15) is 0 Å². The van der Waals surface area contributed by atoms with Crippen LogP contribution in [0.3, 0.4) is 0 Å². The number of allylic oxidation sites excluding steroid dienone is 2. The Labute approximate surface area is 107 Å². The molecule has 5 heteroatoms. The molecule has 0 amide bonds. The third-order valence-electron chi connectivity index (χ3n) is 3.27. The van der Waals surface area contributed by atoms with Crippen LogP contribution in [0.4, 0.5) is 13.2 Å². The lowest BCUT2D eigenvalue weighted by Gasteiger charge is -2.26. The van der Waals surface area contributed by atoms with Crippen LogP contribution in [0.2, 0.25) is 0 Å². The zero-order valence-corrected chi connectivity index (χ0v) is 11.0. The molecule has 1 rings (SSSR count). The number of hydrogen-bond donors (Lipinski definition) is 1. The molecule has 1 aliphatic carbocycles. The van der Waals surface area contributed by atoms with Gasteiger partial charge in [0.15, 0.2) is 0 Å². The monoisotopic (exact) mass is 265 g/mol. The zero-order chi connectivity index (χ0) is 13.6. The molecule has 3 unspecified atom stereocenters. The Morgan fingerprint density at radius 3 is 2.61 bits per heavy atom. The van der Waals surface area contributed by atoms with Gasteiger partial charge in [-0.15, -0.1) is 0 Å². The summed E-state index contributed by atoms with van der Waals surface area (Å²) in [6.45, 7) is 3.89. The molecule has 0 saturated heterocycles. The number of alkyl halides is 3. The van der Waals surface area contributed by atoms with E-state index in [0.717, 1.165) is 12.8 Å². The van der Waals surface area contributed by atoms with Gasteiger partial charge in [0, 0.05) is 6.54 Å². The van der Waals surface area contributed by atoms with Crippen molar-refractivity contribution >= 4 is 0 Å². The van der Waals surface area contributed by atoms with Gasteiger partial charge in [-0.1, -0.05) is 19.1 Å². The number of rotatable bonds is 6. The first-order valence-electron chi connectivity index (χ1n) is 6.42. The van der Waals surface area contributed by atoms with Crippen molar-refractivity contribution in [1.82, 2.24) is 5.32 Å². The summed E-state index contributed by atoms with van der Waals surface area (Å²) in [5.74, 6) is 1.07. The fraction of sp³-hybridized carbons (Fsp3) is 0.846. The highest BCUT2D eigenvalue weighted by Gasteiger charge is 2.26. The predicted molar refractivity (Wildman–Crippen MR) is 65.4 cm³/mol. The predicted octanol–water partition coefficient (Wildman–Crippen LogP) is 3.15. The van der Waals surface area contributed by atoms with Gasteiger partial charge in [-0.2, -0.15) is 13.2 Å². The fourth-order valence-corrected chi connectivity index (χ4v) is 2.00. The summed E-state index contributed by atoms with van der Waals surface area (Å²) in [4.78, 5) is 0. The maximum absolute atomic E-state index is 11.9. The summed E-state index contributed by atoms with van der Waals surface area (Å²) in [5.41, 5.74) is 0. The lowest BCUT2D eigenvalue weighted by molar-refractivity contribution is -0.125. The minimum Gasteiger partial charge on any atom is -0.377 e.